The van der Waals surface area contributed by atoms with Gasteiger partial charge in [0, 0.05) is 37.8 Å². The molecule has 0 spiro atoms. The molecule has 2 fully saturated rings. The summed E-state index contributed by atoms with van der Waals surface area (Å²) in [6, 6.07) is 7.50. The number of ether oxygens (including phenoxy) is 1. The van der Waals surface area contributed by atoms with Crippen molar-refractivity contribution in [2.24, 2.45) is 5.92 Å². The lowest BCUT2D eigenvalue weighted by atomic mass is 10.1. The molecule has 5 nitrogen and oxygen atoms in total. The van der Waals surface area contributed by atoms with E-state index in [1.807, 2.05) is 17.0 Å². The Balaban J connectivity index is 1.56. The Bertz CT molecular complexity index is 544. The number of anilines is 1. The summed E-state index contributed by atoms with van der Waals surface area (Å²) in [5.41, 5.74) is 1.67. The Morgan fingerprint density at radius 3 is 2.27 bits per heavy atom. The highest BCUT2D eigenvalue weighted by Crippen LogP contribution is 2.31. The Labute approximate surface area is 130 Å². The summed E-state index contributed by atoms with van der Waals surface area (Å²) in [5, 5.41) is 0. The smallest absolute Gasteiger partial charge is 0.338 e. The highest BCUT2D eigenvalue weighted by molar-refractivity contribution is 5.89. The molecule has 5 heteroatoms. The fourth-order valence-electron chi connectivity index (χ4n) is 2.80. The average Bonchev–Trinajstić information content (AvgIpc) is 3.40. The molecule has 1 aliphatic heterocycles. The van der Waals surface area contributed by atoms with Gasteiger partial charge in [0.2, 0.25) is 5.91 Å². The van der Waals surface area contributed by atoms with Crippen LogP contribution in [0, 0.1) is 5.92 Å². The number of benzene rings is 1. The summed E-state index contributed by atoms with van der Waals surface area (Å²) >= 11 is 0. The molecule has 1 aromatic carbocycles. The summed E-state index contributed by atoms with van der Waals surface area (Å²) in [5.74, 6) is 0.349. The van der Waals surface area contributed by atoms with Crippen LogP contribution >= 0.6 is 0 Å². The predicted molar refractivity (Wildman–Crippen MR) is 83.9 cm³/mol. The van der Waals surface area contributed by atoms with Crippen LogP contribution < -0.4 is 4.90 Å². The Morgan fingerprint density at radius 2 is 1.73 bits per heavy atom. The first-order valence-corrected chi connectivity index (χ1v) is 8.00. The van der Waals surface area contributed by atoms with Gasteiger partial charge in [0.1, 0.15) is 0 Å². The van der Waals surface area contributed by atoms with Crippen molar-refractivity contribution in [2.45, 2.75) is 19.8 Å². The molecular formula is C17H22N2O3. The molecular weight excluding hydrogens is 280 g/mol. The number of hydrogen-bond acceptors (Lipinski definition) is 4. The first-order valence-electron chi connectivity index (χ1n) is 8.00. The maximum absolute atomic E-state index is 12.0. The molecule has 1 amide bonds. The van der Waals surface area contributed by atoms with Crippen LogP contribution in [0.15, 0.2) is 24.3 Å². The van der Waals surface area contributed by atoms with Crippen LogP contribution in [-0.4, -0.2) is 49.6 Å². The lowest BCUT2D eigenvalue weighted by Crippen LogP contribution is -2.49. The van der Waals surface area contributed by atoms with Crippen molar-refractivity contribution < 1.29 is 14.3 Å². The summed E-state index contributed by atoms with van der Waals surface area (Å²) in [6.45, 7) is 5.45. The van der Waals surface area contributed by atoms with E-state index in [-0.39, 0.29) is 5.97 Å². The van der Waals surface area contributed by atoms with E-state index in [9.17, 15) is 9.59 Å². The monoisotopic (exact) mass is 302 g/mol. The van der Waals surface area contributed by atoms with Crippen molar-refractivity contribution in [1.82, 2.24) is 4.90 Å². The van der Waals surface area contributed by atoms with Gasteiger partial charge in [0.25, 0.3) is 0 Å². The van der Waals surface area contributed by atoms with Crippen LogP contribution in [0.2, 0.25) is 0 Å². The van der Waals surface area contributed by atoms with Crippen LogP contribution in [0.1, 0.15) is 30.1 Å². The van der Waals surface area contributed by atoms with Crippen molar-refractivity contribution in [3.63, 3.8) is 0 Å². The minimum absolute atomic E-state index is 0.283. The summed E-state index contributed by atoms with van der Waals surface area (Å²) in [6.07, 6.45) is 2.13. The lowest BCUT2D eigenvalue weighted by molar-refractivity contribution is -0.132. The largest absolute Gasteiger partial charge is 0.462 e. The van der Waals surface area contributed by atoms with Crippen molar-refractivity contribution >= 4 is 17.6 Å². The number of piperazine rings is 1. The maximum Gasteiger partial charge on any atom is 0.338 e. The SMILES string of the molecule is CCOC(=O)c1ccc(N2CCN(C(=O)C3CC3)CC2)cc1. The Morgan fingerprint density at radius 1 is 1.09 bits per heavy atom. The fourth-order valence-corrected chi connectivity index (χ4v) is 2.80. The summed E-state index contributed by atoms with van der Waals surface area (Å²) < 4.78 is 4.99. The Kier molecular flexibility index (Phi) is 4.32. The summed E-state index contributed by atoms with van der Waals surface area (Å²) in [7, 11) is 0. The van der Waals surface area contributed by atoms with Crippen LogP contribution in [0.25, 0.3) is 0 Å². The number of nitrogens with zero attached hydrogens (tertiary/aromatic N) is 2. The van der Waals surface area contributed by atoms with Gasteiger partial charge in [0.15, 0.2) is 0 Å². The maximum atomic E-state index is 12.0. The molecule has 1 aliphatic carbocycles. The quantitative estimate of drug-likeness (QED) is 0.797. The number of rotatable bonds is 4. The van der Waals surface area contributed by atoms with E-state index in [2.05, 4.69) is 4.90 Å². The normalized spacial score (nSPS) is 18.2. The standard InChI is InChI=1S/C17H22N2O3/c1-2-22-17(21)14-5-7-15(8-6-14)18-9-11-19(12-10-18)16(20)13-3-4-13/h5-8,13H,2-4,9-12H2,1H3. The number of carbonyl (C=O) groups excluding carboxylic acids is 2. The van der Waals surface area contributed by atoms with Gasteiger partial charge in [-0.05, 0) is 44.0 Å². The van der Waals surface area contributed by atoms with Gasteiger partial charge in [-0.2, -0.15) is 0 Å². The third-order valence-corrected chi connectivity index (χ3v) is 4.26. The molecule has 118 valence electrons. The van der Waals surface area contributed by atoms with Gasteiger partial charge in [-0.1, -0.05) is 0 Å². The third kappa shape index (κ3) is 3.24. The minimum Gasteiger partial charge on any atom is -0.462 e. The first-order chi connectivity index (χ1) is 10.7. The van der Waals surface area contributed by atoms with Crippen LogP contribution in [0.5, 0.6) is 0 Å². The van der Waals surface area contributed by atoms with Crippen molar-refractivity contribution in [3.05, 3.63) is 29.8 Å². The molecule has 0 unspecified atom stereocenters. The van der Waals surface area contributed by atoms with E-state index in [4.69, 9.17) is 4.74 Å². The van der Waals surface area contributed by atoms with Gasteiger partial charge < -0.3 is 14.5 Å². The summed E-state index contributed by atoms with van der Waals surface area (Å²) in [4.78, 5) is 27.9. The average molecular weight is 302 g/mol. The zero-order chi connectivity index (χ0) is 15.5. The van der Waals surface area contributed by atoms with E-state index in [1.165, 1.54) is 0 Å². The van der Waals surface area contributed by atoms with Gasteiger partial charge >= 0.3 is 5.97 Å². The lowest BCUT2D eigenvalue weighted by Gasteiger charge is -2.36. The van der Waals surface area contributed by atoms with Crippen molar-refractivity contribution in [3.8, 4) is 0 Å². The molecule has 22 heavy (non-hydrogen) atoms. The van der Waals surface area contributed by atoms with Gasteiger partial charge in [-0.3, -0.25) is 4.79 Å². The predicted octanol–water partition coefficient (Wildman–Crippen LogP) is 1.92. The Hall–Kier alpha value is -2.04. The van der Waals surface area contributed by atoms with Gasteiger partial charge in [0.05, 0.1) is 12.2 Å². The number of amides is 1. The number of hydrogen-bond donors (Lipinski definition) is 0. The van der Waals surface area contributed by atoms with Crippen molar-refractivity contribution in [1.29, 1.82) is 0 Å². The fraction of sp³-hybridized carbons (Fsp3) is 0.529. The number of carbonyl (C=O) groups is 2. The highest BCUT2D eigenvalue weighted by Gasteiger charge is 2.34. The van der Waals surface area contributed by atoms with E-state index >= 15 is 0 Å². The molecule has 0 atom stereocenters. The molecule has 3 rings (SSSR count). The highest BCUT2D eigenvalue weighted by atomic mass is 16.5. The third-order valence-electron chi connectivity index (χ3n) is 4.26. The zero-order valence-corrected chi connectivity index (χ0v) is 13.0. The second-order valence-corrected chi connectivity index (χ2v) is 5.85. The van der Waals surface area contributed by atoms with E-state index in [0.717, 1.165) is 44.7 Å². The molecule has 1 aromatic rings. The van der Waals surface area contributed by atoms with Crippen LogP contribution in [-0.2, 0) is 9.53 Å². The molecule has 1 saturated carbocycles. The first kappa shape index (κ1) is 14.9. The number of esters is 1. The molecule has 2 aliphatic rings. The molecule has 0 aromatic heterocycles. The molecule has 1 heterocycles. The van der Waals surface area contributed by atoms with E-state index in [1.54, 1.807) is 19.1 Å². The van der Waals surface area contributed by atoms with E-state index in [0.29, 0.717) is 24.0 Å². The van der Waals surface area contributed by atoms with Crippen molar-refractivity contribution in [2.75, 3.05) is 37.7 Å². The molecule has 0 N–H and O–H groups in total. The van der Waals surface area contributed by atoms with Gasteiger partial charge in [-0.15, -0.1) is 0 Å². The zero-order valence-electron chi connectivity index (χ0n) is 13.0. The molecule has 1 saturated heterocycles. The van der Waals surface area contributed by atoms with Gasteiger partial charge in [-0.25, -0.2) is 4.79 Å². The topological polar surface area (TPSA) is 49.9 Å². The molecule has 0 bridgehead atoms. The van der Waals surface area contributed by atoms with Crippen LogP contribution in [0.3, 0.4) is 0 Å². The minimum atomic E-state index is -0.283. The van der Waals surface area contributed by atoms with E-state index < -0.39 is 0 Å². The van der Waals surface area contributed by atoms with Crippen LogP contribution in [0.4, 0.5) is 5.69 Å². The second-order valence-electron chi connectivity index (χ2n) is 5.85. The second kappa shape index (κ2) is 6.38. The molecule has 0 radical (unpaired) electrons.